The number of carboxylic acid groups (broad SMARTS) is 1. The fourth-order valence-electron chi connectivity index (χ4n) is 6.61. The first-order chi connectivity index (χ1) is 16.5. The highest BCUT2D eigenvalue weighted by atomic mass is 35.5. The number of carbonyl (C=O) groups is 1. The van der Waals surface area contributed by atoms with Gasteiger partial charge in [0.25, 0.3) is 0 Å². The van der Waals surface area contributed by atoms with Gasteiger partial charge in [-0.05, 0) is 65.8 Å². The Morgan fingerprint density at radius 1 is 1.06 bits per heavy atom. The van der Waals surface area contributed by atoms with Gasteiger partial charge in [-0.2, -0.15) is 0 Å². The first-order valence-corrected chi connectivity index (χ1v) is 12.4. The predicted molar refractivity (Wildman–Crippen MR) is 132 cm³/mol. The van der Waals surface area contributed by atoms with E-state index in [0.29, 0.717) is 12.5 Å². The van der Waals surface area contributed by atoms with Crippen LogP contribution in [0.25, 0.3) is 0 Å². The number of nitrogens with zero attached hydrogens (tertiary/aromatic N) is 3. The number of rotatable bonds is 5. The molecule has 34 heavy (non-hydrogen) atoms. The second-order valence-electron chi connectivity index (χ2n) is 9.90. The lowest BCUT2D eigenvalue weighted by Crippen LogP contribution is -2.49. The maximum absolute atomic E-state index is 12.0. The molecule has 6 heteroatoms. The molecular formula is C28H28ClN3O2. The molecule has 6 rings (SSSR count). The summed E-state index contributed by atoms with van der Waals surface area (Å²) in [5.74, 6) is 0.446. The van der Waals surface area contributed by atoms with Crippen LogP contribution in [0.4, 0.5) is 4.79 Å². The number of aromatic nitrogens is 1. The zero-order chi connectivity index (χ0) is 23.3. The van der Waals surface area contributed by atoms with Crippen molar-refractivity contribution < 1.29 is 9.90 Å². The lowest BCUT2D eigenvalue weighted by atomic mass is 9.74. The molecule has 1 saturated heterocycles. The van der Waals surface area contributed by atoms with Crippen molar-refractivity contribution in [3.63, 3.8) is 0 Å². The van der Waals surface area contributed by atoms with Gasteiger partial charge in [0.2, 0.25) is 0 Å². The topological polar surface area (TPSA) is 56.7 Å². The second kappa shape index (κ2) is 8.40. The molecule has 1 amide bonds. The number of piperidine rings is 1. The van der Waals surface area contributed by atoms with Crippen molar-refractivity contribution in [2.24, 2.45) is 0 Å². The van der Waals surface area contributed by atoms with Crippen LogP contribution in [0.3, 0.4) is 0 Å². The van der Waals surface area contributed by atoms with Crippen molar-refractivity contribution >= 4 is 17.7 Å². The standard InChI is InChI=1S/C28H28ClN3O2/c29-19-8-9-23-24-16-28(26(23)15-19,25-7-2-1-6-22(24)25)18-31-13-10-21(11-14-31)32(27(33)34)17-20-5-3-4-12-30-20/h1-9,12,15,21,24H,10-11,13-14,16-18H2,(H,33,34). The Kier molecular flexibility index (Phi) is 5.34. The van der Waals surface area contributed by atoms with Gasteiger partial charge in [0.05, 0.1) is 12.2 Å². The van der Waals surface area contributed by atoms with Gasteiger partial charge < -0.3 is 10.0 Å². The third-order valence-electron chi connectivity index (χ3n) is 8.11. The van der Waals surface area contributed by atoms with Crippen LogP contribution in [0.5, 0.6) is 0 Å². The molecule has 2 aliphatic carbocycles. The minimum Gasteiger partial charge on any atom is -0.465 e. The van der Waals surface area contributed by atoms with Crippen molar-refractivity contribution in [3.05, 3.63) is 99.8 Å². The molecule has 0 spiro atoms. The summed E-state index contributed by atoms with van der Waals surface area (Å²) >= 11 is 6.46. The molecule has 1 N–H and O–H groups in total. The van der Waals surface area contributed by atoms with Crippen LogP contribution in [0.15, 0.2) is 66.9 Å². The van der Waals surface area contributed by atoms with Gasteiger partial charge in [-0.15, -0.1) is 0 Å². The molecule has 2 unspecified atom stereocenters. The minimum absolute atomic E-state index is 0.0159. The van der Waals surface area contributed by atoms with Gasteiger partial charge in [-0.3, -0.25) is 9.88 Å². The van der Waals surface area contributed by atoms with E-state index < -0.39 is 6.09 Å². The van der Waals surface area contributed by atoms with Gasteiger partial charge in [-0.1, -0.05) is 48.0 Å². The summed E-state index contributed by atoms with van der Waals surface area (Å²) in [5, 5.41) is 10.7. The first-order valence-electron chi connectivity index (χ1n) is 12.1. The molecule has 2 bridgehead atoms. The van der Waals surface area contributed by atoms with E-state index in [4.69, 9.17) is 11.6 Å². The lowest BCUT2D eigenvalue weighted by Gasteiger charge is -2.41. The van der Waals surface area contributed by atoms with Crippen LogP contribution in [-0.2, 0) is 12.0 Å². The Labute approximate surface area is 205 Å². The van der Waals surface area contributed by atoms with E-state index >= 15 is 0 Å². The smallest absolute Gasteiger partial charge is 0.407 e. The van der Waals surface area contributed by atoms with E-state index in [1.807, 2.05) is 24.3 Å². The van der Waals surface area contributed by atoms with Crippen LogP contribution in [-0.4, -0.2) is 51.7 Å². The SMILES string of the molecule is O=C(O)N(Cc1ccccn1)C1CCN(CC23CC(c4ccccc42)c2ccc(Cl)cc23)CC1. The van der Waals surface area contributed by atoms with E-state index in [9.17, 15) is 9.90 Å². The molecule has 1 aromatic heterocycles. The van der Waals surface area contributed by atoms with Crippen molar-refractivity contribution in [3.8, 4) is 0 Å². The van der Waals surface area contributed by atoms with E-state index in [0.717, 1.165) is 49.6 Å². The number of fused-ring (bicyclic) bond motifs is 8. The van der Waals surface area contributed by atoms with Crippen LogP contribution < -0.4 is 0 Å². The Bertz CT molecular complexity index is 1230. The summed E-state index contributed by atoms with van der Waals surface area (Å²) < 4.78 is 0. The Morgan fingerprint density at radius 3 is 2.59 bits per heavy atom. The molecule has 0 saturated carbocycles. The van der Waals surface area contributed by atoms with Crippen LogP contribution >= 0.6 is 11.6 Å². The summed E-state index contributed by atoms with van der Waals surface area (Å²) in [5.41, 5.74) is 6.46. The molecule has 2 heterocycles. The minimum atomic E-state index is -0.866. The monoisotopic (exact) mass is 473 g/mol. The number of pyridine rings is 1. The summed E-state index contributed by atoms with van der Waals surface area (Å²) in [6, 6.07) is 21.0. The molecule has 3 aromatic rings. The van der Waals surface area contributed by atoms with Crippen molar-refractivity contribution in [1.29, 1.82) is 0 Å². The van der Waals surface area contributed by atoms with E-state index in [-0.39, 0.29) is 11.5 Å². The van der Waals surface area contributed by atoms with Gasteiger partial charge in [0.15, 0.2) is 0 Å². The van der Waals surface area contributed by atoms with Crippen LogP contribution in [0.1, 0.15) is 53.1 Å². The van der Waals surface area contributed by atoms with Gasteiger partial charge >= 0.3 is 6.09 Å². The van der Waals surface area contributed by atoms with Crippen molar-refractivity contribution in [1.82, 2.24) is 14.8 Å². The van der Waals surface area contributed by atoms with Crippen molar-refractivity contribution in [2.75, 3.05) is 19.6 Å². The highest BCUT2D eigenvalue weighted by Gasteiger charge is 2.53. The average Bonchev–Trinajstić information content (AvgIpc) is 3.35. The lowest BCUT2D eigenvalue weighted by molar-refractivity contribution is 0.0809. The Morgan fingerprint density at radius 2 is 1.82 bits per heavy atom. The van der Waals surface area contributed by atoms with Gasteiger partial charge in [0.1, 0.15) is 0 Å². The number of benzene rings is 2. The van der Waals surface area contributed by atoms with E-state index in [2.05, 4.69) is 46.3 Å². The first kappa shape index (κ1) is 21.6. The number of likely N-dealkylation sites (tertiary alicyclic amines) is 1. The zero-order valence-electron chi connectivity index (χ0n) is 19.0. The summed E-state index contributed by atoms with van der Waals surface area (Å²) in [6.45, 7) is 3.07. The maximum atomic E-state index is 12.0. The number of hydrogen-bond acceptors (Lipinski definition) is 3. The molecule has 3 aliphatic rings. The highest BCUT2D eigenvalue weighted by Crippen LogP contribution is 2.60. The van der Waals surface area contributed by atoms with Crippen LogP contribution in [0, 0.1) is 0 Å². The fraction of sp³-hybridized carbons (Fsp3) is 0.357. The Balaban J connectivity index is 1.21. The summed E-state index contributed by atoms with van der Waals surface area (Å²) in [4.78, 5) is 20.5. The average molecular weight is 474 g/mol. The zero-order valence-corrected chi connectivity index (χ0v) is 19.8. The molecular weight excluding hydrogens is 446 g/mol. The van der Waals surface area contributed by atoms with Crippen molar-refractivity contribution in [2.45, 2.75) is 43.2 Å². The fourth-order valence-corrected chi connectivity index (χ4v) is 6.78. The molecule has 1 fully saturated rings. The number of halogens is 1. The number of hydrogen-bond donors (Lipinski definition) is 1. The van der Waals surface area contributed by atoms with Gasteiger partial charge in [-0.25, -0.2) is 4.79 Å². The largest absolute Gasteiger partial charge is 0.465 e. The second-order valence-corrected chi connectivity index (χ2v) is 10.3. The molecule has 174 valence electrons. The molecule has 2 aromatic carbocycles. The molecule has 1 aliphatic heterocycles. The van der Waals surface area contributed by atoms with Crippen LogP contribution in [0.2, 0.25) is 5.02 Å². The summed E-state index contributed by atoms with van der Waals surface area (Å²) in [6.07, 6.45) is 3.62. The third kappa shape index (κ3) is 3.50. The third-order valence-corrected chi connectivity index (χ3v) is 8.34. The molecule has 0 radical (unpaired) electrons. The quantitative estimate of drug-likeness (QED) is 0.530. The predicted octanol–water partition coefficient (Wildman–Crippen LogP) is 5.51. The normalized spacial score (nSPS) is 23.5. The van der Waals surface area contributed by atoms with Gasteiger partial charge in [0, 0.05) is 48.2 Å². The Hall–Kier alpha value is -2.89. The summed E-state index contributed by atoms with van der Waals surface area (Å²) in [7, 11) is 0. The van der Waals surface area contributed by atoms with E-state index in [1.165, 1.54) is 22.3 Å². The highest BCUT2D eigenvalue weighted by molar-refractivity contribution is 6.30. The maximum Gasteiger partial charge on any atom is 0.407 e. The number of amides is 1. The molecule has 2 atom stereocenters. The van der Waals surface area contributed by atoms with E-state index in [1.54, 1.807) is 11.1 Å². The molecule has 5 nitrogen and oxygen atoms in total.